The van der Waals surface area contributed by atoms with E-state index in [1.807, 2.05) is 36.4 Å². The van der Waals surface area contributed by atoms with Gasteiger partial charge < -0.3 is 24.0 Å². The zero-order valence-corrected chi connectivity index (χ0v) is 28.6. The molecule has 6 rings (SSSR count). The van der Waals surface area contributed by atoms with E-state index in [1.54, 1.807) is 26.0 Å². The Hall–Kier alpha value is -5.33. The molecule has 0 radical (unpaired) electrons. The summed E-state index contributed by atoms with van der Waals surface area (Å²) in [5.74, 6) is 3.31. The van der Waals surface area contributed by atoms with Crippen LogP contribution < -0.4 is 24.0 Å². The predicted octanol–water partition coefficient (Wildman–Crippen LogP) is 11.4. The Morgan fingerprint density at radius 2 is 0.729 bits per heavy atom. The smallest absolute Gasteiger partial charge is 0.119 e. The molecule has 0 spiro atoms. The number of thioether (sulfide) groups is 1. The van der Waals surface area contributed by atoms with E-state index in [4.69, 9.17) is 14.2 Å². The lowest BCUT2D eigenvalue weighted by Gasteiger charge is -2.26. The van der Waals surface area contributed by atoms with Gasteiger partial charge in [-0.25, -0.2) is 0 Å². The van der Waals surface area contributed by atoms with Crippen molar-refractivity contribution in [1.29, 1.82) is 0 Å². The van der Waals surface area contributed by atoms with Crippen LogP contribution >= 0.6 is 11.8 Å². The molecule has 48 heavy (non-hydrogen) atoms. The van der Waals surface area contributed by atoms with Gasteiger partial charge in [-0.2, -0.15) is 0 Å². The Bertz CT molecular complexity index is 1780. The van der Waals surface area contributed by atoms with E-state index in [2.05, 4.69) is 133 Å². The van der Waals surface area contributed by atoms with Gasteiger partial charge >= 0.3 is 0 Å². The minimum atomic E-state index is 0.602. The fourth-order valence-electron chi connectivity index (χ4n) is 5.45. The van der Waals surface area contributed by atoms with Gasteiger partial charge in [-0.1, -0.05) is 35.4 Å². The van der Waals surface area contributed by atoms with Crippen LogP contribution in [0.25, 0.3) is 0 Å². The van der Waals surface area contributed by atoms with Crippen molar-refractivity contribution in [2.45, 2.75) is 18.7 Å². The van der Waals surface area contributed by atoms with Crippen LogP contribution in [-0.2, 0) is 0 Å². The van der Waals surface area contributed by atoms with E-state index in [-0.39, 0.29) is 0 Å². The maximum absolute atomic E-state index is 6.15. The lowest BCUT2D eigenvalue weighted by molar-refractivity contribution is 0.344. The molecule has 0 unspecified atom stereocenters. The van der Waals surface area contributed by atoms with Gasteiger partial charge in [0, 0.05) is 44.8 Å². The number of hydrogen-bond donors (Lipinski definition) is 0. The summed E-state index contributed by atoms with van der Waals surface area (Å²) in [5, 5.41) is 0. The molecule has 242 valence electrons. The van der Waals surface area contributed by atoms with Crippen molar-refractivity contribution in [2.24, 2.45) is 0 Å². The molecule has 0 fully saturated rings. The minimum absolute atomic E-state index is 0.602. The Balaban J connectivity index is 1.09. The SMILES string of the molecule is COc1ccc(N(c2ccc(OC)cc2)c2ccc(OCCSc3ccc(N(c4ccc(C)cc4)c4ccc(C)cc4)cc3)cc2)cc1. The Morgan fingerprint density at radius 3 is 1.08 bits per heavy atom. The zero-order chi connectivity index (χ0) is 33.3. The standard InChI is InChI=1S/C42H40N2O3S/c1-31-5-9-33(10-6-31)43(34-11-7-32(2)8-12-34)38-19-27-42(28-20-38)48-30-29-47-41-25-17-37(18-26-41)44(35-13-21-39(45-3)22-14-35)36-15-23-40(46-4)24-16-36/h5-28H,29-30H2,1-4H3. The second-order valence-corrected chi connectivity index (χ2v) is 12.6. The third-order valence-electron chi connectivity index (χ3n) is 8.06. The van der Waals surface area contributed by atoms with Crippen molar-refractivity contribution in [2.75, 3.05) is 36.4 Å². The van der Waals surface area contributed by atoms with E-state index in [1.165, 1.54) is 16.0 Å². The number of rotatable bonds is 13. The van der Waals surface area contributed by atoms with Crippen molar-refractivity contribution < 1.29 is 14.2 Å². The number of aryl methyl sites for hydroxylation is 2. The number of hydrogen-bond acceptors (Lipinski definition) is 6. The lowest BCUT2D eigenvalue weighted by atomic mass is 10.1. The fraction of sp³-hybridized carbons (Fsp3) is 0.143. The number of anilines is 6. The highest BCUT2D eigenvalue weighted by Crippen LogP contribution is 2.38. The van der Waals surface area contributed by atoms with Gasteiger partial charge in [0.2, 0.25) is 0 Å². The van der Waals surface area contributed by atoms with Gasteiger partial charge in [-0.05, 0) is 135 Å². The number of ether oxygens (including phenoxy) is 3. The van der Waals surface area contributed by atoms with Gasteiger partial charge in [0.05, 0.1) is 20.8 Å². The summed E-state index contributed by atoms with van der Waals surface area (Å²) in [4.78, 5) is 5.70. The highest BCUT2D eigenvalue weighted by atomic mass is 32.2. The molecule has 0 aliphatic heterocycles. The third kappa shape index (κ3) is 7.96. The molecule has 0 aromatic heterocycles. The fourth-order valence-corrected chi connectivity index (χ4v) is 6.18. The molecule has 0 heterocycles. The maximum atomic E-state index is 6.15. The first kappa shape index (κ1) is 32.6. The molecular weight excluding hydrogens is 613 g/mol. The van der Waals surface area contributed by atoms with Crippen LogP contribution in [-0.4, -0.2) is 26.6 Å². The van der Waals surface area contributed by atoms with E-state index in [9.17, 15) is 0 Å². The Kier molecular flexibility index (Phi) is 10.5. The summed E-state index contributed by atoms with van der Waals surface area (Å²) < 4.78 is 16.9. The van der Waals surface area contributed by atoms with Gasteiger partial charge in [-0.15, -0.1) is 11.8 Å². The summed E-state index contributed by atoms with van der Waals surface area (Å²) in [6, 6.07) is 50.5. The van der Waals surface area contributed by atoms with Crippen molar-refractivity contribution in [3.05, 3.63) is 157 Å². The van der Waals surface area contributed by atoms with Crippen LogP contribution in [0.15, 0.2) is 150 Å². The molecule has 6 heteroatoms. The van der Waals surface area contributed by atoms with Crippen molar-refractivity contribution in [1.82, 2.24) is 0 Å². The molecule has 5 nitrogen and oxygen atoms in total. The van der Waals surface area contributed by atoms with E-state index in [0.717, 1.165) is 57.1 Å². The quantitative estimate of drug-likeness (QED) is 0.0912. The van der Waals surface area contributed by atoms with Crippen LogP contribution in [0.2, 0.25) is 0 Å². The van der Waals surface area contributed by atoms with Crippen LogP contribution in [0.3, 0.4) is 0 Å². The molecule has 6 aromatic rings. The summed E-state index contributed by atoms with van der Waals surface area (Å²) in [6.07, 6.45) is 0. The summed E-state index contributed by atoms with van der Waals surface area (Å²) in [6.45, 7) is 4.84. The van der Waals surface area contributed by atoms with Gasteiger partial charge in [0.25, 0.3) is 0 Å². The number of methoxy groups -OCH3 is 2. The second kappa shape index (κ2) is 15.5. The lowest BCUT2D eigenvalue weighted by Crippen LogP contribution is -2.10. The van der Waals surface area contributed by atoms with E-state index < -0.39 is 0 Å². The van der Waals surface area contributed by atoms with Crippen LogP contribution in [0.4, 0.5) is 34.1 Å². The zero-order valence-electron chi connectivity index (χ0n) is 27.8. The van der Waals surface area contributed by atoms with Crippen LogP contribution in [0, 0.1) is 13.8 Å². The average Bonchev–Trinajstić information content (AvgIpc) is 3.14. The average molecular weight is 653 g/mol. The highest BCUT2D eigenvalue weighted by molar-refractivity contribution is 7.99. The molecule has 0 saturated heterocycles. The molecule has 0 saturated carbocycles. The Morgan fingerprint density at radius 1 is 0.417 bits per heavy atom. The second-order valence-electron chi connectivity index (χ2n) is 11.4. The highest BCUT2D eigenvalue weighted by Gasteiger charge is 2.14. The summed E-state index contributed by atoms with van der Waals surface area (Å²) in [5.41, 5.74) is 8.98. The van der Waals surface area contributed by atoms with Crippen molar-refractivity contribution in [3.8, 4) is 17.2 Å². The van der Waals surface area contributed by atoms with Crippen LogP contribution in [0.1, 0.15) is 11.1 Å². The van der Waals surface area contributed by atoms with E-state index in [0.29, 0.717) is 6.61 Å². The monoisotopic (exact) mass is 652 g/mol. The molecular formula is C42H40N2O3S. The molecule has 0 bridgehead atoms. The van der Waals surface area contributed by atoms with Crippen LogP contribution in [0.5, 0.6) is 17.2 Å². The summed E-state index contributed by atoms with van der Waals surface area (Å²) in [7, 11) is 3.36. The first-order chi connectivity index (χ1) is 23.5. The predicted molar refractivity (Wildman–Crippen MR) is 201 cm³/mol. The topological polar surface area (TPSA) is 34.2 Å². The largest absolute Gasteiger partial charge is 0.497 e. The molecule has 0 N–H and O–H groups in total. The minimum Gasteiger partial charge on any atom is -0.497 e. The normalized spacial score (nSPS) is 10.8. The molecule has 6 aromatic carbocycles. The van der Waals surface area contributed by atoms with E-state index >= 15 is 0 Å². The third-order valence-corrected chi connectivity index (χ3v) is 9.03. The van der Waals surface area contributed by atoms with Gasteiger partial charge in [0.15, 0.2) is 0 Å². The Labute approximate surface area is 288 Å². The van der Waals surface area contributed by atoms with Crippen molar-refractivity contribution in [3.63, 3.8) is 0 Å². The van der Waals surface area contributed by atoms with Gasteiger partial charge in [0.1, 0.15) is 17.2 Å². The first-order valence-corrected chi connectivity index (χ1v) is 17.0. The number of nitrogens with zero attached hydrogens (tertiary/aromatic N) is 2. The van der Waals surface area contributed by atoms with Gasteiger partial charge in [-0.3, -0.25) is 0 Å². The maximum Gasteiger partial charge on any atom is 0.119 e. The number of benzene rings is 6. The molecule has 0 aliphatic rings. The summed E-state index contributed by atoms with van der Waals surface area (Å²) >= 11 is 1.79. The molecule has 0 amide bonds. The molecule has 0 aliphatic carbocycles. The first-order valence-electron chi connectivity index (χ1n) is 16.0. The molecule has 0 atom stereocenters. The van der Waals surface area contributed by atoms with Crippen molar-refractivity contribution >= 4 is 45.9 Å².